The molecule has 0 saturated heterocycles. The number of benzene rings is 1. The molecule has 108 valence electrons. The highest BCUT2D eigenvalue weighted by Gasteiger charge is 2.18. The van der Waals surface area contributed by atoms with Crippen molar-refractivity contribution in [2.45, 2.75) is 38.6 Å². The highest BCUT2D eigenvalue weighted by atomic mass is 32.2. The number of nitrogens with one attached hydrogen (secondary N) is 1. The molecule has 5 heteroatoms. The lowest BCUT2D eigenvalue weighted by atomic mass is 10.2. The van der Waals surface area contributed by atoms with Crippen molar-refractivity contribution < 1.29 is 8.42 Å². The largest absolute Gasteiger partial charge is 0.344 e. The van der Waals surface area contributed by atoms with Crippen LogP contribution in [0.2, 0.25) is 0 Å². The van der Waals surface area contributed by atoms with E-state index < -0.39 is 10.0 Å². The molecule has 1 heterocycles. The zero-order valence-corrected chi connectivity index (χ0v) is 12.5. The molecule has 1 saturated carbocycles. The SMILES string of the molecule is CCS(=O)(=O)Nc1ccc2ccn(C3CCCC3)c2c1. The van der Waals surface area contributed by atoms with Crippen LogP contribution < -0.4 is 4.72 Å². The van der Waals surface area contributed by atoms with E-state index in [4.69, 9.17) is 0 Å². The monoisotopic (exact) mass is 292 g/mol. The number of aromatic nitrogens is 1. The average Bonchev–Trinajstić information content (AvgIpc) is 3.06. The summed E-state index contributed by atoms with van der Waals surface area (Å²) >= 11 is 0. The lowest BCUT2D eigenvalue weighted by Crippen LogP contribution is -2.14. The zero-order chi connectivity index (χ0) is 14.2. The molecular weight excluding hydrogens is 272 g/mol. The Bertz CT molecular complexity index is 713. The fraction of sp³-hybridized carbons (Fsp3) is 0.467. The number of fused-ring (bicyclic) bond motifs is 1. The normalized spacial score (nSPS) is 16.9. The second-order valence-corrected chi connectivity index (χ2v) is 7.45. The summed E-state index contributed by atoms with van der Waals surface area (Å²) in [5.74, 6) is 0.0919. The first-order valence-electron chi connectivity index (χ1n) is 7.20. The van der Waals surface area contributed by atoms with Crippen LogP contribution in [-0.4, -0.2) is 18.7 Å². The van der Waals surface area contributed by atoms with Gasteiger partial charge in [0.05, 0.1) is 17.0 Å². The van der Waals surface area contributed by atoms with Crippen LogP contribution in [0.1, 0.15) is 38.6 Å². The van der Waals surface area contributed by atoms with Crippen LogP contribution in [0, 0.1) is 0 Å². The lowest BCUT2D eigenvalue weighted by Gasteiger charge is -2.14. The van der Waals surface area contributed by atoms with E-state index in [0.29, 0.717) is 11.7 Å². The molecule has 20 heavy (non-hydrogen) atoms. The number of anilines is 1. The Morgan fingerprint density at radius 3 is 2.70 bits per heavy atom. The summed E-state index contributed by atoms with van der Waals surface area (Å²) in [6.07, 6.45) is 7.13. The first-order valence-corrected chi connectivity index (χ1v) is 8.85. The van der Waals surface area contributed by atoms with Crippen LogP contribution in [0.5, 0.6) is 0 Å². The van der Waals surface area contributed by atoms with Crippen molar-refractivity contribution in [2.24, 2.45) is 0 Å². The Morgan fingerprint density at radius 2 is 2.00 bits per heavy atom. The van der Waals surface area contributed by atoms with Gasteiger partial charge in [0.1, 0.15) is 0 Å². The average molecular weight is 292 g/mol. The van der Waals surface area contributed by atoms with E-state index in [2.05, 4.69) is 21.6 Å². The minimum absolute atomic E-state index is 0.0919. The third-order valence-corrected chi connectivity index (χ3v) is 5.40. The van der Waals surface area contributed by atoms with Gasteiger partial charge in [0, 0.05) is 12.2 Å². The molecule has 0 atom stereocenters. The van der Waals surface area contributed by atoms with E-state index in [1.165, 1.54) is 25.7 Å². The highest BCUT2D eigenvalue weighted by molar-refractivity contribution is 7.92. The van der Waals surface area contributed by atoms with Gasteiger partial charge in [0.2, 0.25) is 10.0 Å². The number of rotatable bonds is 4. The van der Waals surface area contributed by atoms with Crippen LogP contribution in [0.3, 0.4) is 0 Å². The Hall–Kier alpha value is -1.49. The van der Waals surface area contributed by atoms with Gasteiger partial charge in [-0.25, -0.2) is 8.42 Å². The molecule has 0 bridgehead atoms. The maximum Gasteiger partial charge on any atom is 0.232 e. The van der Waals surface area contributed by atoms with Gasteiger partial charge in [-0.1, -0.05) is 18.9 Å². The van der Waals surface area contributed by atoms with Gasteiger partial charge in [0.25, 0.3) is 0 Å². The van der Waals surface area contributed by atoms with Crippen molar-refractivity contribution in [3.63, 3.8) is 0 Å². The molecule has 0 aliphatic heterocycles. The summed E-state index contributed by atoms with van der Waals surface area (Å²) in [6, 6.07) is 8.42. The molecule has 1 aromatic carbocycles. The van der Waals surface area contributed by atoms with Gasteiger partial charge in [0.15, 0.2) is 0 Å². The van der Waals surface area contributed by atoms with Crippen LogP contribution in [-0.2, 0) is 10.0 Å². The van der Waals surface area contributed by atoms with Crippen LogP contribution in [0.25, 0.3) is 10.9 Å². The molecule has 1 aromatic heterocycles. The molecule has 0 spiro atoms. The number of nitrogens with zero attached hydrogens (tertiary/aromatic N) is 1. The fourth-order valence-electron chi connectivity index (χ4n) is 2.97. The molecule has 2 aromatic rings. The predicted molar refractivity (Wildman–Crippen MR) is 82.5 cm³/mol. The Balaban J connectivity index is 1.98. The topological polar surface area (TPSA) is 51.1 Å². The Kier molecular flexibility index (Phi) is 3.46. The van der Waals surface area contributed by atoms with Crippen molar-refractivity contribution in [1.82, 2.24) is 4.57 Å². The summed E-state index contributed by atoms with van der Waals surface area (Å²) in [6.45, 7) is 1.64. The smallest absolute Gasteiger partial charge is 0.232 e. The summed E-state index contributed by atoms with van der Waals surface area (Å²) in [7, 11) is -3.22. The van der Waals surface area contributed by atoms with Gasteiger partial charge >= 0.3 is 0 Å². The summed E-state index contributed by atoms with van der Waals surface area (Å²) < 4.78 is 28.3. The molecular formula is C15H20N2O2S. The second kappa shape index (κ2) is 5.13. The van der Waals surface area contributed by atoms with Gasteiger partial charge in [-0.15, -0.1) is 0 Å². The van der Waals surface area contributed by atoms with E-state index in [1.807, 2.05) is 18.2 Å². The van der Waals surface area contributed by atoms with E-state index in [0.717, 1.165) is 10.9 Å². The van der Waals surface area contributed by atoms with Gasteiger partial charge < -0.3 is 4.57 Å². The maximum atomic E-state index is 11.7. The molecule has 1 aliphatic carbocycles. The predicted octanol–water partition coefficient (Wildman–Crippen LogP) is 3.52. The van der Waals surface area contributed by atoms with Gasteiger partial charge in [-0.3, -0.25) is 4.72 Å². The van der Waals surface area contributed by atoms with Gasteiger partial charge in [-0.2, -0.15) is 0 Å². The fourth-order valence-corrected chi connectivity index (χ4v) is 3.60. The van der Waals surface area contributed by atoms with Crippen molar-refractivity contribution >= 4 is 26.6 Å². The molecule has 0 unspecified atom stereocenters. The number of hydrogen-bond acceptors (Lipinski definition) is 2. The first-order chi connectivity index (χ1) is 9.59. The van der Waals surface area contributed by atoms with Crippen molar-refractivity contribution in [2.75, 3.05) is 10.5 Å². The Labute approximate surface area is 119 Å². The minimum Gasteiger partial charge on any atom is -0.344 e. The second-order valence-electron chi connectivity index (χ2n) is 5.44. The highest BCUT2D eigenvalue weighted by Crippen LogP contribution is 2.33. The van der Waals surface area contributed by atoms with Crippen LogP contribution in [0.15, 0.2) is 30.5 Å². The van der Waals surface area contributed by atoms with E-state index in [9.17, 15) is 8.42 Å². The third kappa shape index (κ3) is 2.54. The van der Waals surface area contributed by atoms with E-state index in [1.54, 1.807) is 6.92 Å². The summed E-state index contributed by atoms with van der Waals surface area (Å²) in [4.78, 5) is 0. The summed E-state index contributed by atoms with van der Waals surface area (Å²) in [5, 5.41) is 1.16. The van der Waals surface area contributed by atoms with Crippen LogP contribution >= 0.6 is 0 Å². The standard InChI is InChI=1S/C15H20N2O2S/c1-2-20(18,19)16-13-8-7-12-9-10-17(15(12)11-13)14-5-3-4-6-14/h7-11,14,16H,2-6H2,1H3. The zero-order valence-electron chi connectivity index (χ0n) is 11.7. The van der Waals surface area contributed by atoms with E-state index >= 15 is 0 Å². The molecule has 1 aliphatic rings. The molecule has 0 radical (unpaired) electrons. The molecule has 1 N–H and O–H groups in total. The van der Waals surface area contributed by atoms with E-state index in [-0.39, 0.29) is 5.75 Å². The molecule has 4 nitrogen and oxygen atoms in total. The quantitative estimate of drug-likeness (QED) is 0.937. The third-order valence-electron chi connectivity index (χ3n) is 4.09. The van der Waals surface area contributed by atoms with Gasteiger partial charge in [-0.05, 0) is 43.4 Å². The lowest BCUT2D eigenvalue weighted by molar-refractivity contribution is 0.536. The number of sulfonamides is 1. The van der Waals surface area contributed by atoms with Crippen molar-refractivity contribution in [3.05, 3.63) is 30.5 Å². The summed E-state index contributed by atoms with van der Waals surface area (Å²) in [5.41, 5.74) is 1.77. The number of hydrogen-bond donors (Lipinski definition) is 1. The molecule has 0 amide bonds. The maximum absolute atomic E-state index is 11.7. The minimum atomic E-state index is -3.22. The molecule has 1 fully saturated rings. The van der Waals surface area contributed by atoms with Crippen molar-refractivity contribution in [1.29, 1.82) is 0 Å². The first kappa shape index (κ1) is 13.5. The Morgan fingerprint density at radius 1 is 1.25 bits per heavy atom. The van der Waals surface area contributed by atoms with Crippen molar-refractivity contribution in [3.8, 4) is 0 Å². The molecule has 3 rings (SSSR count). The van der Waals surface area contributed by atoms with Crippen LogP contribution in [0.4, 0.5) is 5.69 Å².